The first-order valence-electron chi connectivity index (χ1n) is 24.6. The van der Waals surface area contributed by atoms with Crippen LogP contribution < -0.4 is 0 Å². The molecule has 9 nitrogen and oxygen atoms in total. The molecule has 0 N–H and O–H groups in total. The summed E-state index contributed by atoms with van der Waals surface area (Å²) >= 11 is 0. The predicted octanol–water partition coefficient (Wildman–Crippen LogP) is 14.7. The molecule has 0 saturated carbocycles. The van der Waals surface area contributed by atoms with Crippen LogP contribution in [-0.4, -0.2) is 87.9 Å². The van der Waals surface area contributed by atoms with Gasteiger partial charge in [0.05, 0.1) is 0 Å². The molecule has 0 aliphatic carbocycles. The Kier molecular flexibility index (Phi) is 52.1. The second-order valence-electron chi connectivity index (χ2n) is 15.4. The minimum Gasteiger partial charge on any atom is -0.377 e. The zero-order valence-corrected chi connectivity index (χ0v) is 44.2. The molecule has 0 rings (SSSR count). The summed E-state index contributed by atoms with van der Waals surface area (Å²) in [6, 6.07) is 2.86. The van der Waals surface area contributed by atoms with Crippen molar-refractivity contribution in [3.63, 3.8) is 0 Å². The van der Waals surface area contributed by atoms with E-state index in [0.717, 1.165) is 31.0 Å². The monoisotopic (exact) mass is 885 g/mol. The van der Waals surface area contributed by atoms with Crippen LogP contribution in [0.2, 0.25) is 18.1 Å². The maximum Gasteiger partial charge on any atom is 0.500 e. The van der Waals surface area contributed by atoms with E-state index < -0.39 is 26.4 Å². The lowest BCUT2D eigenvalue weighted by atomic mass is 10.1. The molecule has 0 saturated heterocycles. The van der Waals surface area contributed by atoms with Gasteiger partial charge in [0.15, 0.2) is 0 Å². The van der Waals surface area contributed by atoms with E-state index in [1.54, 1.807) is 28.4 Å². The zero-order chi connectivity index (χ0) is 43.9. The highest BCUT2D eigenvalue weighted by atomic mass is 28.4. The van der Waals surface area contributed by atoms with Gasteiger partial charge in [0.2, 0.25) is 0 Å². The van der Waals surface area contributed by atoms with E-state index in [4.69, 9.17) is 39.8 Å². The molecule has 0 bridgehead atoms. The van der Waals surface area contributed by atoms with E-state index >= 15 is 0 Å². The number of hydrogen-bond acceptors (Lipinski definition) is 9. The lowest BCUT2D eigenvalue weighted by Crippen LogP contribution is -2.45. The first kappa shape index (κ1) is 62.6. The summed E-state index contributed by atoms with van der Waals surface area (Å²) in [6.07, 6.45) is 34.8. The summed E-state index contributed by atoms with van der Waals surface area (Å²) in [5.74, 6) is 0. The Balaban J connectivity index is -0.000000789. The van der Waals surface area contributed by atoms with Crippen molar-refractivity contribution in [2.45, 2.75) is 240 Å². The molecule has 0 atom stereocenters. The van der Waals surface area contributed by atoms with Crippen molar-refractivity contribution in [1.82, 2.24) is 0 Å². The molecule has 58 heavy (non-hydrogen) atoms. The third kappa shape index (κ3) is 38.0. The fourth-order valence-corrected chi connectivity index (χ4v) is 14.0. The maximum absolute atomic E-state index is 5.89. The van der Waals surface area contributed by atoms with Crippen LogP contribution in [0.3, 0.4) is 0 Å². The highest BCUT2D eigenvalue weighted by Gasteiger charge is 2.40. The molecule has 354 valence electrons. The summed E-state index contributed by atoms with van der Waals surface area (Å²) in [7, 11) is -0.245. The molecule has 0 aromatic carbocycles. The Morgan fingerprint density at radius 2 is 0.414 bits per heavy atom. The lowest BCUT2D eigenvalue weighted by Gasteiger charge is -2.28. The smallest absolute Gasteiger partial charge is 0.377 e. The largest absolute Gasteiger partial charge is 0.500 e. The highest BCUT2D eigenvalue weighted by molar-refractivity contribution is 6.61. The Morgan fingerprint density at radius 1 is 0.224 bits per heavy atom. The molecule has 0 aliphatic heterocycles. The summed E-state index contributed by atoms with van der Waals surface area (Å²) in [6.45, 7) is 20.3. The minimum atomic E-state index is -2.39. The SMILES string of the molecule is CCCCCCCCCCCC[Si](OC)(OC)OC.CCCCCCCCCCCC[Si](OCC)(OCC)OCC.CCCCCCCC[Si](OC)(OCC)OCC. The zero-order valence-electron chi connectivity index (χ0n) is 41.2. The van der Waals surface area contributed by atoms with E-state index in [-0.39, 0.29) is 0 Å². The molecule has 0 fully saturated rings. The molecule has 0 aromatic rings. The fraction of sp³-hybridized carbons (Fsp3) is 1.00. The van der Waals surface area contributed by atoms with E-state index in [1.807, 2.05) is 34.6 Å². The number of rotatable bonds is 43. The van der Waals surface area contributed by atoms with Gasteiger partial charge in [0.25, 0.3) is 0 Å². The van der Waals surface area contributed by atoms with Crippen LogP contribution in [0.25, 0.3) is 0 Å². The molecule has 0 unspecified atom stereocenters. The summed E-state index contributed by atoms with van der Waals surface area (Å²) in [5.41, 5.74) is 0. The van der Waals surface area contributed by atoms with Crippen LogP contribution in [-0.2, 0) is 39.8 Å². The molecule has 0 aliphatic rings. The second-order valence-corrected chi connectivity index (χ2v) is 24.1. The van der Waals surface area contributed by atoms with Gasteiger partial charge in [-0.2, -0.15) is 0 Å². The van der Waals surface area contributed by atoms with Crippen LogP contribution in [0.5, 0.6) is 0 Å². The molecule has 12 heteroatoms. The quantitative estimate of drug-likeness (QED) is 0.0439. The summed E-state index contributed by atoms with van der Waals surface area (Å²) in [5, 5.41) is 0. The van der Waals surface area contributed by atoms with Crippen LogP contribution in [0.15, 0.2) is 0 Å². The van der Waals surface area contributed by atoms with Gasteiger partial charge in [-0.3, -0.25) is 0 Å². The van der Waals surface area contributed by atoms with Gasteiger partial charge in [-0.15, -0.1) is 0 Å². The molecule has 0 radical (unpaired) electrons. The average Bonchev–Trinajstić information content (AvgIpc) is 3.23. The van der Waals surface area contributed by atoms with Crippen molar-refractivity contribution in [1.29, 1.82) is 0 Å². The van der Waals surface area contributed by atoms with E-state index in [2.05, 4.69) is 20.8 Å². The maximum atomic E-state index is 5.89. The van der Waals surface area contributed by atoms with Crippen molar-refractivity contribution < 1.29 is 39.8 Å². The van der Waals surface area contributed by atoms with E-state index in [0.29, 0.717) is 33.0 Å². The van der Waals surface area contributed by atoms with E-state index in [9.17, 15) is 0 Å². The van der Waals surface area contributed by atoms with Gasteiger partial charge in [-0.25, -0.2) is 0 Å². The van der Waals surface area contributed by atoms with E-state index in [1.165, 1.54) is 154 Å². The molecule has 0 spiro atoms. The van der Waals surface area contributed by atoms with Crippen LogP contribution >= 0.6 is 0 Å². The summed E-state index contributed by atoms with van der Waals surface area (Å²) in [4.78, 5) is 0. The predicted molar refractivity (Wildman–Crippen MR) is 255 cm³/mol. The Hall–Kier alpha value is 0.291. The first-order valence-corrected chi connectivity index (χ1v) is 30.4. The standard InChI is InChI=1S/C18H40O3Si.C15H34O3Si.C13H30O3Si/c1-5-9-10-11-12-13-14-15-16-17-18-22(19-6-2,20-7-3)21-8-4;1-5-6-7-8-9-10-11-12-13-14-15-19(16-2,17-3)18-4;1-5-8-9-10-11-12-13-17(14-4,15-6-2)16-7-3/h5-18H2,1-4H3;5-15H2,1-4H3;5-13H2,1-4H3. The first-order chi connectivity index (χ1) is 28.2. The van der Waals surface area contributed by atoms with Crippen molar-refractivity contribution in [3.8, 4) is 0 Å². The lowest BCUT2D eigenvalue weighted by molar-refractivity contribution is 0.0706. The van der Waals surface area contributed by atoms with Crippen molar-refractivity contribution in [3.05, 3.63) is 0 Å². The number of hydrogen-bond donors (Lipinski definition) is 0. The molecular formula is C46H104O9Si3. The van der Waals surface area contributed by atoms with Gasteiger partial charge in [0.1, 0.15) is 0 Å². The average molecular weight is 886 g/mol. The molecular weight excluding hydrogens is 781 g/mol. The second kappa shape index (κ2) is 48.3. The third-order valence-corrected chi connectivity index (χ3v) is 19.6. The van der Waals surface area contributed by atoms with Crippen molar-refractivity contribution in [2.24, 2.45) is 0 Å². The Labute approximate surface area is 366 Å². The Morgan fingerprint density at radius 3 is 0.638 bits per heavy atom. The van der Waals surface area contributed by atoms with Gasteiger partial charge < -0.3 is 39.8 Å². The fourth-order valence-electron chi connectivity index (χ4n) is 7.18. The van der Waals surface area contributed by atoms with Crippen molar-refractivity contribution in [2.75, 3.05) is 61.5 Å². The minimum absolute atomic E-state index is 0.676. The van der Waals surface area contributed by atoms with Gasteiger partial charge >= 0.3 is 26.4 Å². The Bertz CT molecular complexity index is 735. The molecule has 0 aromatic heterocycles. The molecule has 0 heterocycles. The van der Waals surface area contributed by atoms with Crippen LogP contribution in [0.4, 0.5) is 0 Å². The topological polar surface area (TPSA) is 83.1 Å². The van der Waals surface area contributed by atoms with Gasteiger partial charge in [-0.05, 0) is 53.9 Å². The number of unbranched alkanes of at least 4 members (excludes halogenated alkanes) is 23. The van der Waals surface area contributed by atoms with Gasteiger partial charge in [-0.1, -0.05) is 168 Å². The van der Waals surface area contributed by atoms with Crippen LogP contribution in [0.1, 0.15) is 222 Å². The molecule has 0 amide bonds. The summed E-state index contributed by atoms with van der Waals surface area (Å²) < 4.78 is 50.9. The highest BCUT2D eigenvalue weighted by Crippen LogP contribution is 2.22. The normalized spacial score (nSPS) is 12.0. The van der Waals surface area contributed by atoms with Crippen LogP contribution in [0, 0.1) is 0 Å². The third-order valence-electron chi connectivity index (χ3n) is 10.6. The van der Waals surface area contributed by atoms with Crippen molar-refractivity contribution >= 4 is 26.4 Å². The van der Waals surface area contributed by atoms with Gasteiger partial charge in [0, 0.05) is 79.6 Å².